The van der Waals surface area contributed by atoms with Gasteiger partial charge in [0.2, 0.25) is 0 Å². The molecule has 0 bridgehead atoms. The van der Waals surface area contributed by atoms with Crippen LogP contribution in [-0.4, -0.2) is 18.7 Å². The predicted octanol–water partition coefficient (Wildman–Crippen LogP) is 3.68. The number of carbonyl (C=O) groups is 1. The minimum atomic E-state index is -0.358. The maximum atomic E-state index is 11.5. The molecule has 0 unspecified atom stereocenters. The lowest BCUT2D eigenvalue weighted by Gasteiger charge is -2.12. The van der Waals surface area contributed by atoms with E-state index >= 15 is 0 Å². The molecule has 0 N–H and O–H groups in total. The van der Waals surface area contributed by atoms with Gasteiger partial charge >= 0.3 is 5.97 Å². The zero-order chi connectivity index (χ0) is 14.4. The fourth-order valence-electron chi connectivity index (χ4n) is 1.88. The number of hydrogen-bond acceptors (Lipinski definition) is 3. The fraction of sp³-hybridized carbons (Fsp3) is 0.235. The third-order valence-electron chi connectivity index (χ3n) is 2.68. The molecule has 20 heavy (non-hydrogen) atoms. The van der Waals surface area contributed by atoms with Crippen LogP contribution in [0.3, 0.4) is 0 Å². The van der Waals surface area contributed by atoms with Gasteiger partial charge in [0.25, 0.3) is 0 Å². The standard InChI is InChI=1S/C17H18O3/c1-13(2)20-17(18)12-19-16-11-7-6-10-15(16)14-8-4-3-5-9-14/h3-11,13H,12H2,1-2H3. The van der Waals surface area contributed by atoms with Crippen molar-refractivity contribution < 1.29 is 14.3 Å². The van der Waals surface area contributed by atoms with Crippen LogP contribution < -0.4 is 4.74 Å². The summed E-state index contributed by atoms with van der Waals surface area (Å²) in [5.41, 5.74) is 2.02. The van der Waals surface area contributed by atoms with E-state index in [0.29, 0.717) is 5.75 Å². The van der Waals surface area contributed by atoms with Crippen molar-refractivity contribution in [3.05, 3.63) is 54.6 Å². The van der Waals surface area contributed by atoms with Crippen molar-refractivity contribution in [1.29, 1.82) is 0 Å². The largest absolute Gasteiger partial charge is 0.481 e. The second-order valence-electron chi connectivity index (χ2n) is 4.69. The molecule has 104 valence electrons. The summed E-state index contributed by atoms with van der Waals surface area (Å²) in [6.07, 6.45) is -0.129. The van der Waals surface area contributed by atoms with Gasteiger partial charge in [-0.05, 0) is 25.5 Å². The molecular formula is C17H18O3. The summed E-state index contributed by atoms with van der Waals surface area (Å²) < 4.78 is 10.6. The molecule has 0 saturated heterocycles. The molecule has 0 spiro atoms. The van der Waals surface area contributed by atoms with Crippen LogP contribution in [0.2, 0.25) is 0 Å². The van der Waals surface area contributed by atoms with E-state index < -0.39 is 0 Å². The number of esters is 1. The first-order chi connectivity index (χ1) is 9.66. The molecule has 0 amide bonds. The third-order valence-corrected chi connectivity index (χ3v) is 2.68. The van der Waals surface area contributed by atoms with E-state index in [1.54, 1.807) is 0 Å². The Hall–Kier alpha value is -2.29. The average Bonchev–Trinajstić information content (AvgIpc) is 2.46. The first-order valence-electron chi connectivity index (χ1n) is 6.63. The average molecular weight is 270 g/mol. The van der Waals surface area contributed by atoms with E-state index in [-0.39, 0.29) is 18.7 Å². The SMILES string of the molecule is CC(C)OC(=O)COc1ccccc1-c1ccccc1. The van der Waals surface area contributed by atoms with E-state index in [1.165, 1.54) is 0 Å². The minimum Gasteiger partial charge on any atom is -0.481 e. The van der Waals surface area contributed by atoms with E-state index in [2.05, 4.69) is 0 Å². The molecule has 3 nitrogen and oxygen atoms in total. The first kappa shape index (κ1) is 14.1. The molecule has 0 saturated carbocycles. The second-order valence-corrected chi connectivity index (χ2v) is 4.69. The summed E-state index contributed by atoms with van der Waals surface area (Å²) in [5, 5.41) is 0. The highest BCUT2D eigenvalue weighted by Gasteiger charge is 2.09. The van der Waals surface area contributed by atoms with Gasteiger partial charge in [-0.1, -0.05) is 48.5 Å². The monoisotopic (exact) mass is 270 g/mol. The topological polar surface area (TPSA) is 35.5 Å². The highest BCUT2D eigenvalue weighted by atomic mass is 16.6. The van der Waals surface area contributed by atoms with Gasteiger partial charge in [0, 0.05) is 5.56 Å². The number of para-hydroxylation sites is 1. The maximum absolute atomic E-state index is 11.5. The number of benzene rings is 2. The Kier molecular flexibility index (Phi) is 4.77. The van der Waals surface area contributed by atoms with Gasteiger partial charge in [0.15, 0.2) is 6.61 Å². The molecule has 0 fully saturated rings. The number of carbonyl (C=O) groups excluding carboxylic acids is 1. The summed E-state index contributed by atoms with van der Waals surface area (Å²) in [5.74, 6) is 0.322. The normalized spacial score (nSPS) is 10.3. The van der Waals surface area contributed by atoms with Gasteiger partial charge in [0.1, 0.15) is 5.75 Å². The first-order valence-corrected chi connectivity index (χ1v) is 6.63. The molecule has 3 heteroatoms. The predicted molar refractivity (Wildman–Crippen MR) is 78.6 cm³/mol. The fourth-order valence-corrected chi connectivity index (χ4v) is 1.88. The van der Waals surface area contributed by atoms with Crippen molar-refractivity contribution in [2.45, 2.75) is 20.0 Å². The zero-order valence-electron chi connectivity index (χ0n) is 11.7. The minimum absolute atomic E-state index is 0.0813. The molecule has 2 aromatic rings. The summed E-state index contributed by atoms with van der Waals surface area (Å²) in [7, 11) is 0. The van der Waals surface area contributed by atoms with Crippen LogP contribution in [0.4, 0.5) is 0 Å². The summed E-state index contributed by atoms with van der Waals surface area (Å²) in [6.45, 7) is 3.55. The van der Waals surface area contributed by atoms with Gasteiger partial charge in [0.05, 0.1) is 6.10 Å². The molecule has 2 rings (SSSR count). The van der Waals surface area contributed by atoms with Gasteiger partial charge in [-0.2, -0.15) is 0 Å². The molecule has 0 aromatic heterocycles. The van der Waals surface area contributed by atoms with Gasteiger partial charge in [-0.15, -0.1) is 0 Å². The Labute approximate surface area is 119 Å². The Bertz CT molecular complexity index is 561. The second kappa shape index (κ2) is 6.75. The summed E-state index contributed by atoms with van der Waals surface area (Å²) in [6, 6.07) is 17.6. The Morgan fingerprint density at radius 3 is 2.35 bits per heavy atom. The molecule has 0 aliphatic rings. The third kappa shape index (κ3) is 3.85. The van der Waals surface area contributed by atoms with Crippen molar-refractivity contribution in [2.24, 2.45) is 0 Å². The van der Waals surface area contributed by atoms with Crippen LogP contribution in [0.15, 0.2) is 54.6 Å². The maximum Gasteiger partial charge on any atom is 0.344 e. The van der Waals surface area contributed by atoms with Crippen molar-refractivity contribution in [1.82, 2.24) is 0 Å². The van der Waals surface area contributed by atoms with Crippen LogP contribution >= 0.6 is 0 Å². The van der Waals surface area contributed by atoms with Gasteiger partial charge < -0.3 is 9.47 Å². The van der Waals surface area contributed by atoms with Crippen LogP contribution in [0.25, 0.3) is 11.1 Å². The van der Waals surface area contributed by atoms with E-state index in [1.807, 2.05) is 68.4 Å². The lowest BCUT2D eigenvalue weighted by molar-refractivity contribution is -0.149. The Balaban J connectivity index is 2.11. The smallest absolute Gasteiger partial charge is 0.344 e. The van der Waals surface area contributed by atoms with Crippen molar-refractivity contribution in [3.8, 4) is 16.9 Å². The van der Waals surface area contributed by atoms with Crippen LogP contribution in [-0.2, 0) is 9.53 Å². The molecule has 0 aliphatic carbocycles. The molecular weight excluding hydrogens is 252 g/mol. The molecule has 0 radical (unpaired) electrons. The van der Waals surface area contributed by atoms with Crippen molar-refractivity contribution in [3.63, 3.8) is 0 Å². The molecule has 2 aromatic carbocycles. The summed E-state index contributed by atoms with van der Waals surface area (Å²) >= 11 is 0. The highest BCUT2D eigenvalue weighted by molar-refractivity contribution is 5.73. The van der Waals surface area contributed by atoms with Crippen LogP contribution in [0.1, 0.15) is 13.8 Å². The number of ether oxygens (including phenoxy) is 2. The highest BCUT2D eigenvalue weighted by Crippen LogP contribution is 2.29. The van der Waals surface area contributed by atoms with Crippen LogP contribution in [0.5, 0.6) is 5.75 Å². The van der Waals surface area contributed by atoms with Gasteiger partial charge in [-0.3, -0.25) is 0 Å². The number of hydrogen-bond donors (Lipinski definition) is 0. The molecule has 0 aliphatic heterocycles. The molecule has 0 heterocycles. The Morgan fingerprint density at radius 2 is 1.65 bits per heavy atom. The van der Waals surface area contributed by atoms with Gasteiger partial charge in [-0.25, -0.2) is 4.79 Å². The van der Waals surface area contributed by atoms with Crippen molar-refractivity contribution in [2.75, 3.05) is 6.61 Å². The van der Waals surface area contributed by atoms with E-state index in [9.17, 15) is 4.79 Å². The van der Waals surface area contributed by atoms with Crippen LogP contribution in [0, 0.1) is 0 Å². The van der Waals surface area contributed by atoms with Crippen molar-refractivity contribution >= 4 is 5.97 Å². The van der Waals surface area contributed by atoms with E-state index in [4.69, 9.17) is 9.47 Å². The quantitative estimate of drug-likeness (QED) is 0.777. The summed E-state index contributed by atoms with van der Waals surface area (Å²) in [4.78, 5) is 11.5. The lowest BCUT2D eigenvalue weighted by atomic mass is 10.1. The lowest BCUT2D eigenvalue weighted by Crippen LogP contribution is -2.18. The Morgan fingerprint density at radius 1 is 1.00 bits per heavy atom. The zero-order valence-corrected chi connectivity index (χ0v) is 11.7. The van der Waals surface area contributed by atoms with E-state index in [0.717, 1.165) is 11.1 Å². The molecule has 0 atom stereocenters. The number of rotatable bonds is 5.